The summed E-state index contributed by atoms with van der Waals surface area (Å²) in [6.45, 7) is 2.27. The van der Waals surface area contributed by atoms with Gasteiger partial charge < -0.3 is 10.1 Å². The van der Waals surface area contributed by atoms with Crippen molar-refractivity contribution < 1.29 is 17.9 Å². The van der Waals surface area contributed by atoms with Gasteiger partial charge in [0.1, 0.15) is 5.75 Å². The van der Waals surface area contributed by atoms with Crippen molar-refractivity contribution in [3.8, 4) is 5.75 Å². The van der Waals surface area contributed by atoms with Crippen LogP contribution in [0, 0.1) is 0 Å². The van der Waals surface area contributed by atoms with E-state index < -0.39 is 18.6 Å². The van der Waals surface area contributed by atoms with Crippen molar-refractivity contribution in [2.45, 2.75) is 25.6 Å². The summed E-state index contributed by atoms with van der Waals surface area (Å²) >= 11 is 0. The predicted molar refractivity (Wildman–Crippen MR) is 77.6 cm³/mol. The van der Waals surface area contributed by atoms with Crippen LogP contribution in [0.25, 0.3) is 10.8 Å². The lowest BCUT2D eigenvalue weighted by atomic mass is 9.96. The molecule has 2 nitrogen and oxygen atoms in total. The minimum absolute atomic E-state index is 0.473. The molecule has 0 radical (unpaired) electrons. The number of hydrogen-bond donors (Lipinski definition) is 1. The van der Waals surface area contributed by atoms with E-state index in [1.165, 1.54) is 0 Å². The molecular formula is C16H18F3NO. The van der Waals surface area contributed by atoms with E-state index in [-0.39, 0.29) is 0 Å². The Balaban J connectivity index is 2.52. The molecule has 114 valence electrons. The van der Waals surface area contributed by atoms with E-state index in [4.69, 9.17) is 4.74 Å². The summed E-state index contributed by atoms with van der Waals surface area (Å²) in [5.74, 6) is 0.664. The van der Waals surface area contributed by atoms with Gasteiger partial charge in [-0.25, -0.2) is 0 Å². The number of rotatable bonds is 5. The smallest absolute Gasteiger partial charge is 0.390 e. The van der Waals surface area contributed by atoms with Crippen LogP contribution < -0.4 is 10.1 Å². The normalized spacial score (nSPS) is 13.4. The maximum Gasteiger partial charge on any atom is 0.390 e. The molecule has 1 N–H and O–H groups in total. The third-order valence-electron chi connectivity index (χ3n) is 3.40. The summed E-state index contributed by atoms with van der Waals surface area (Å²) in [5, 5.41) is 4.53. The monoisotopic (exact) mass is 297 g/mol. The van der Waals surface area contributed by atoms with Gasteiger partial charge in [0.05, 0.1) is 13.5 Å². The minimum atomic E-state index is -4.21. The first kappa shape index (κ1) is 15.6. The van der Waals surface area contributed by atoms with E-state index in [1.54, 1.807) is 26.2 Å². The van der Waals surface area contributed by atoms with Crippen LogP contribution in [0.3, 0.4) is 0 Å². The predicted octanol–water partition coefficient (Wildman–Crippen LogP) is 4.45. The van der Waals surface area contributed by atoms with Gasteiger partial charge in [-0.15, -0.1) is 0 Å². The maximum absolute atomic E-state index is 12.8. The molecule has 0 aliphatic carbocycles. The van der Waals surface area contributed by atoms with E-state index in [1.807, 2.05) is 24.3 Å². The second-order valence-electron chi connectivity index (χ2n) is 4.83. The third-order valence-corrected chi connectivity index (χ3v) is 3.40. The van der Waals surface area contributed by atoms with E-state index in [2.05, 4.69) is 5.32 Å². The van der Waals surface area contributed by atoms with Crippen LogP contribution in [0.1, 0.15) is 24.9 Å². The molecule has 0 saturated heterocycles. The molecule has 0 spiro atoms. The molecule has 2 aromatic carbocycles. The zero-order valence-corrected chi connectivity index (χ0v) is 12.0. The topological polar surface area (TPSA) is 21.3 Å². The summed E-state index contributed by atoms with van der Waals surface area (Å²) in [6, 6.07) is 10.0. The van der Waals surface area contributed by atoms with Gasteiger partial charge in [-0.3, -0.25) is 0 Å². The van der Waals surface area contributed by atoms with Gasteiger partial charge in [-0.1, -0.05) is 37.3 Å². The Morgan fingerprint density at radius 2 is 1.76 bits per heavy atom. The van der Waals surface area contributed by atoms with Gasteiger partial charge in [-0.2, -0.15) is 13.2 Å². The molecule has 5 heteroatoms. The lowest BCUT2D eigenvalue weighted by Gasteiger charge is -2.22. The number of alkyl halides is 3. The highest BCUT2D eigenvalue weighted by Gasteiger charge is 2.33. The van der Waals surface area contributed by atoms with Crippen LogP contribution in [0.2, 0.25) is 0 Å². The van der Waals surface area contributed by atoms with E-state index in [9.17, 15) is 13.2 Å². The first-order valence-corrected chi connectivity index (χ1v) is 6.82. The quantitative estimate of drug-likeness (QED) is 0.880. The highest BCUT2D eigenvalue weighted by molar-refractivity contribution is 5.91. The molecule has 21 heavy (non-hydrogen) atoms. The van der Waals surface area contributed by atoms with Crippen LogP contribution in [0.4, 0.5) is 13.2 Å². The molecule has 0 aliphatic rings. The molecule has 0 aromatic heterocycles. The summed E-state index contributed by atoms with van der Waals surface area (Å²) in [4.78, 5) is 0. The molecule has 2 aromatic rings. The van der Waals surface area contributed by atoms with Gasteiger partial charge in [0, 0.05) is 11.4 Å². The Labute approximate surface area is 121 Å². The Morgan fingerprint density at radius 3 is 2.33 bits per heavy atom. The molecule has 0 aliphatic heterocycles. The molecule has 0 heterocycles. The maximum atomic E-state index is 12.8. The first-order chi connectivity index (χ1) is 9.96. The molecule has 1 unspecified atom stereocenters. The van der Waals surface area contributed by atoms with Gasteiger partial charge in [0.15, 0.2) is 0 Å². The van der Waals surface area contributed by atoms with E-state index in [0.717, 1.165) is 10.8 Å². The van der Waals surface area contributed by atoms with Crippen molar-refractivity contribution in [2.75, 3.05) is 13.7 Å². The van der Waals surface area contributed by atoms with Crippen molar-refractivity contribution in [3.63, 3.8) is 0 Å². The van der Waals surface area contributed by atoms with Crippen molar-refractivity contribution >= 4 is 10.8 Å². The zero-order chi connectivity index (χ0) is 15.5. The summed E-state index contributed by atoms with van der Waals surface area (Å²) in [5.41, 5.74) is 0.644. The second kappa shape index (κ2) is 6.35. The number of fused-ring (bicyclic) bond motifs is 1. The second-order valence-corrected chi connectivity index (χ2v) is 4.83. The number of methoxy groups -OCH3 is 1. The average molecular weight is 297 g/mol. The number of hydrogen-bond acceptors (Lipinski definition) is 2. The fraction of sp³-hybridized carbons (Fsp3) is 0.375. The fourth-order valence-electron chi connectivity index (χ4n) is 2.55. The number of halogens is 3. The lowest BCUT2D eigenvalue weighted by Crippen LogP contribution is -2.26. The number of nitrogens with one attached hydrogen (secondary N) is 1. The molecule has 0 fully saturated rings. The lowest BCUT2D eigenvalue weighted by molar-refractivity contribution is -0.140. The van der Waals surface area contributed by atoms with Crippen molar-refractivity contribution in [1.82, 2.24) is 5.32 Å². The zero-order valence-electron chi connectivity index (χ0n) is 12.0. The Kier molecular flexibility index (Phi) is 4.73. The third kappa shape index (κ3) is 3.67. The van der Waals surface area contributed by atoms with Crippen LogP contribution in [0.5, 0.6) is 5.75 Å². The van der Waals surface area contributed by atoms with Gasteiger partial charge in [0.25, 0.3) is 0 Å². The Hall–Kier alpha value is -1.75. The summed E-state index contributed by atoms with van der Waals surface area (Å²) < 4.78 is 43.7. The van der Waals surface area contributed by atoms with Gasteiger partial charge >= 0.3 is 6.18 Å². The van der Waals surface area contributed by atoms with Crippen LogP contribution >= 0.6 is 0 Å². The highest BCUT2D eigenvalue weighted by Crippen LogP contribution is 2.36. The number of ether oxygens (including phenoxy) is 1. The fourth-order valence-corrected chi connectivity index (χ4v) is 2.55. The molecule has 2 rings (SSSR count). The highest BCUT2D eigenvalue weighted by atomic mass is 19.4. The van der Waals surface area contributed by atoms with Gasteiger partial charge in [0.2, 0.25) is 0 Å². The van der Waals surface area contributed by atoms with Crippen LogP contribution in [-0.4, -0.2) is 19.8 Å². The van der Waals surface area contributed by atoms with Gasteiger partial charge in [-0.05, 0) is 23.6 Å². The number of benzene rings is 2. The Bertz CT molecular complexity index is 610. The molecule has 0 bridgehead atoms. The largest absolute Gasteiger partial charge is 0.496 e. The Morgan fingerprint density at radius 1 is 1.10 bits per heavy atom. The average Bonchev–Trinajstić information content (AvgIpc) is 2.44. The van der Waals surface area contributed by atoms with Crippen molar-refractivity contribution in [2.24, 2.45) is 0 Å². The molecule has 1 atom stereocenters. The van der Waals surface area contributed by atoms with Crippen molar-refractivity contribution in [3.05, 3.63) is 42.0 Å². The standard InChI is InChI=1S/C16H18F3NO/c1-3-20-14(10-16(17,18)19)12-8-9-15(21-2)13-7-5-4-6-11(12)13/h4-9,14,20H,3,10H2,1-2H3. The van der Waals surface area contributed by atoms with E-state index >= 15 is 0 Å². The molecule has 0 saturated carbocycles. The van der Waals surface area contributed by atoms with E-state index in [0.29, 0.717) is 17.9 Å². The summed E-state index contributed by atoms with van der Waals surface area (Å²) in [6.07, 6.45) is -5.11. The van der Waals surface area contributed by atoms with Crippen molar-refractivity contribution in [1.29, 1.82) is 0 Å². The molecular weight excluding hydrogens is 279 g/mol. The van der Waals surface area contributed by atoms with Crippen LogP contribution in [0.15, 0.2) is 36.4 Å². The summed E-state index contributed by atoms with van der Waals surface area (Å²) in [7, 11) is 1.55. The minimum Gasteiger partial charge on any atom is -0.496 e. The molecule has 0 amide bonds. The SMILES string of the molecule is CCNC(CC(F)(F)F)c1ccc(OC)c2ccccc12. The van der Waals surface area contributed by atoms with Crippen LogP contribution in [-0.2, 0) is 0 Å². The first-order valence-electron chi connectivity index (χ1n) is 6.82.